The fraction of sp³-hybridized carbons (Fsp3) is 0.300. The van der Waals surface area contributed by atoms with Crippen LogP contribution in [0.1, 0.15) is 30.3 Å². The lowest BCUT2D eigenvalue weighted by atomic mass is 10.0. The van der Waals surface area contributed by atoms with Crippen molar-refractivity contribution >= 4 is 0 Å². The molecule has 24 heavy (non-hydrogen) atoms. The van der Waals surface area contributed by atoms with Crippen LogP contribution in [0.15, 0.2) is 60.7 Å². The van der Waals surface area contributed by atoms with Gasteiger partial charge in [0, 0.05) is 18.7 Å². The van der Waals surface area contributed by atoms with Gasteiger partial charge in [0.15, 0.2) is 5.82 Å². The van der Waals surface area contributed by atoms with Crippen molar-refractivity contribution in [3.8, 4) is 11.4 Å². The SMILES string of the molecule is Cn1c(CN2CCC[C@H]2c2ccccc2)nnc1-c1ccccc1. The maximum absolute atomic E-state index is 4.46. The Morgan fingerprint density at radius 3 is 2.42 bits per heavy atom. The van der Waals surface area contributed by atoms with Crippen molar-refractivity contribution in [2.75, 3.05) is 6.54 Å². The summed E-state index contributed by atoms with van der Waals surface area (Å²) in [5.41, 5.74) is 2.51. The Morgan fingerprint density at radius 2 is 1.67 bits per heavy atom. The number of benzene rings is 2. The van der Waals surface area contributed by atoms with Crippen LogP contribution in [0.4, 0.5) is 0 Å². The lowest BCUT2D eigenvalue weighted by molar-refractivity contribution is 0.239. The fourth-order valence-corrected chi connectivity index (χ4v) is 3.59. The number of hydrogen-bond donors (Lipinski definition) is 0. The van der Waals surface area contributed by atoms with Crippen molar-refractivity contribution in [2.45, 2.75) is 25.4 Å². The van der Waals surface area contributed by atoms with E-state index in [2.05, 4.69) is 69.2 Å². The molecule has 2 heterocycles. The number of nitrogens with zero attached hydrogens (tertiary/aromatic N) is 4. The Hall–Kier alpha value is -2.46. The van der Waals surface area contributed by atoms with Gasteiger partial charge < -0.3 is 4.57 Å². The molecule has 0 bridgehead atoms. The minimum atomic E-state index is 0.489. The number of rotatable bonds is 4. The molecule has 1 aliphatic rings. The van der Waals surface area contributed by atoms with Crippen LogP contribution in [-0.4, -0.2) is 26.2 Å². The van der Waals surface area contributed by atoms with Crippen LogP contribution < -0.4 is 0 Å². The highest BCUT2D eigenvalue weighted by Gasteiger charge is 2.27. The first-order valence-corrected chi connectivity index (χ1v) is 8.55. The molecule has 0 radical (unpaired) electrons. The van der Waals surface area contributed by atoms with E-state index in [9.17, 15) is 0 Å². The molecule has 4 nitrogen and oxygen atoms in total. The average Bonchev–Trinajstić information content (AvgIpc) is 3.24. The molecule has 1 atom stereocenters. The van der Waals surface area contributed by atoms with Crippen LogP contribution in [0.2, 0.25) is 0 Å². The monoisotopic (exact) mass is 318 g/mol. The molecule has 0 unspecified atom stereocenters. The summed E-state index contributed by atoms with van der Waals surface area (Å²) in [6.07, 6.45) is 2.45. The maximum Gasteiger partial charge on any atom is 0.163 e. The van der Waals surface area contributed by atoms with Crippen LogP contribution in [0.25, 0.3) is 11.4 Å². The summed E-state index contributed by atoms with van der Waals surface area (Å²) in [5.74, 6) is 1.96. The molecule has 1 aromatic heterocycles. The molecule has 4 rings (SSSR count). The van der Waals surface area contributed by atoms with Gasteiger partial charge in [-0.15, -0.1) is 10.2 Å². The van der Waals surface area contributed by atoms with Crippen LogP contribution in [-0.2, 0) is 13.6 Å². The highest BCUT2D eigenvalue weighted by atomic mass is 15.3. The predicted molar refractivity (Wildman–Crippen MR) is 95.3 cm³/mol. The second kappa shape index (κ2) is 6.57. The van der Waals surface area contributed by atoms with Gasteiger partial charge in [-0.1, -0.05) is 60.7 Å². The quantitative estimate of drug-likeness (QED) is 0.733. The van der Waals surface area contributed by atoms with Crippen LogP contribution in [0.5, 0.6) is 0 Å². The molecule has 122 valence electrons. The predicted octanol–water partition coefficient (Wildman–Crippen LogP) is 3.82. The van der Waals surface area contributed by atoms with E-state index in [1.165, 1.54) is 18.4 Å². The summed E-state index contributed by atoms with van der Waals surface area (Å²) in [6, 6.07) is 21.5. The highest BCUT2D eigenvalue weighted by molar-refractivity contribution is 5.54. The summed E-state index contributed by atoms with van der Waals surface area (Å²) >= 11 is 0. The zero-order valence-electron chi connectivity index (χ0n) is 14.0. The summed E-state index contributed by atoms with van der Waals surface area (Å²) in [7, 11) is 2.06. The second-order valence-corrected chi connectivity index (χ2v) is 6.40. The molecule has 1 saturated heterocycles. The first-order valence-electron chi connectivity index (χ1n) is 8.55. The van der Waals surface area contributed by atoms with Gasteiger partial charge in [-0.25, -0.2) is 0 Å². The van der Waals surface area contributed by atoms with E-state index < -0.39 is 0 Å². The summed E-state index contributed by atoms with van der Waals surface area (Å²) < 4.78 is 2.12. The van der Waals surface area contributed by atoms with E-state index in [0.29, 0.717) is 6.04 Å². The van der Waals surface area contributed by atoms with Gasteiger partial charge in [-0.3, -0.25) is 4.90 Å². The summed E-state index contributed by atoms with van der Waals surface area (Å²) in [4.78, 5) is 2.52. The normalized spacial score (nSPS) is 18.1. The molecule has 1 aliphatic heterocycles. The molecule has 0 N–H and O–H groups in total. The largest absolute Gasteiger partial charge is 0.313 e. The average molecular weight is 318 g/mol. The molecular formula is C20H22N4. The van der Waals surface area contributed by atoms with Crippen LogP contribution in [0, 0.1) is 0 Å². The van der Waals surface area contributed by atoms with E-state index in [1.54, 1.807) is 0 Å². The smallest absolute Gasteiger partial charge is 0.163 e. The Balaban J connectivity index is 1.56. The lowest BCUT2D eigenvalue weighted by Crippen LogP contribution is -2.24. The molecular weight excluding hydrogens is 296 g/mol. The van der Waals surface area contributed by atoms with Crippen molar-refractivity contribution in [1.29, 1.82) is 0 Å². The van der Waals surface area contributed by atoms with Gasteiger partial charge in [0.2, 0.25) is 0 Å². The Bertz CT molecular complexity index is 795. The standard InChI is InChI=1S/C20H22N4/c1-23-19(21-22-20(23)17-11-6-3-7-12-17)15-24-14-8-13-18(24)16-9-4-2-5-10-16/h2-7,9-12,18H,8,13-15H2,1H3/t18-/m0/s1. The van der Waals surface area contributed by atoms with Crippen LogP contribution >= 0.6 is 0 Å². The lowest BCUT2D eigenvalue weighted by Gasteiger charge is -2.24. The Labute approximate surface area is 142 Å². The van der Waals surface area contributed by atoms with Crippen LogP contribution in [0.3, 0.4) is 0 Å². The first kappa shape index (κ1) is 15.1. The number of aromatic nitrogens is 3. The van der Waals surface area contributed by atoms with E-state index in [0.717, 1.165) is 30.3 Å². The topological polar surface area (TPSA) is 34.0 Å². The molecule has 1 fully saturated rings. The number of hydrogen-bond acceptors (Lipinski definition) is 3. The summed E-state index contributed by atoms with van der Waals surface area (Å²) in [5, 5.41) is 8.87. The van der Waals surface area contributed by atoms with Crippen molar-refractivity contribution in [3.63, 3.8) is 0 Å². The van der Waals surface area contributed by atoms with Gasteiger partial charge in [0.25, 0.3) is 0 Å². The minimum absolute atomic E-state index is 0.489. The zero-order valence-corrected chi connectivity index (χ0v) is 14.0. The zero-order chi connectivity index (χ0) is 16.4. The molecule has 0 spiro atoms. The number of likely N-dealkylation sites (tertiary alicyclic amines) is 1. The third-order valence-corrected chi connectivity index (χ3v) is 4.89. The van der Waals surface area contributed by atoms with Gasteiger partial charge in [0.1, 0.15) is 5.82 Å². The van der Waals surface area contributed by atoms with E-state index in [-0.39, 0.29) is 0 Å². The molecule has 0 aliphatic carbocycles. The third kappa shape index (κ3) is 2.85. The van der Waals surface area contributed by atoms with Crippen molar-refractivity contribution < 1.29 is 0 Å². The minimum Gasteiger partial charge on any atom is -0.313 e. The molecule has 4 heteroatoms. The van der Waals surface area contributed by atoms with Gasteiger partial charge in [0.05, 0.1) is 6.54 Å². The highest BCUT2D eigenvalue weighted by Crippen LogP contribution is 2.33. The van der Waals surface area contributed by atoms with Gasteiger partial charge in [-0.2, -0.15) is 0 Å². The first-order chi connectivity index (χ1) is 11.8. The molecule has 0 amide bonds. The molecule has 3 aromatic rings. The van der Waals surface area contributed by atoms with E-state index in [4.69, 9.17) is 0 Å². The molecule has 2 aromatic carbocycles. The van der Waals surface area contributed by atoms with Crippen molar-refractivity contribution in [2.24, 2.45) is 7.05 Å². The van der Waals surface area contributed by atoms with E-state index in [1.807, 2.05) is 18.2 Å². The molecule has 0 saturated carbocycles. The van der Waals surface area contributed by atoms with Crippen molar-refractivity contribution in [1.82, 2.24) is 19.7 Å². The fourth-order valence-electron chi connectivity index (χ4n) is 3.59. The summed E-state index contributed by atoms with van der Waals surface area (Å²) in [6.45, 7) is 1.96. The second-order valence-electron chi connectivity index (χ2n) is 6.40. The van der Waals surface area contributed by atoms with Gasteiger partial charge >= 0.3 is 0 Å². The van der Waals surface area contributed by atoms with E-state index >= 15 is 0 Å². The third-order valence-electron chi connectivity index (χ3n) is 4.89. The van der Waals surface area contributed by atoms with Crippen molar-refractivity contribution in [3.05, 3.63) is 72.1 Å². The van der Waals surface area contributed by atoms with Gasteiger partial charge in [-0.05, 0) is 24.9 Å². The Kier molecular flexibility index (Phi) is 4.13. The Morgan fingerprint density at radius 1 is 0.958 bits per heavy atom. The maximum atomic E-state index is 4.46.